The van der Waals surface area contributed by atoms with Crippen molar-refractivity contribution in [3.05, 3.63) is 23.9 Å². The molecule has 10 heteroatoms. The van der Waals surface area contributed by atoms with Crippen molar-refractivity contribution in [2.45, 2.75) is 62.5 Å². The molecule has 2 aromatic rings. The summed E-state index contributed by atoms with van der Waals surface area (Å²) in [6.07, 6.45) is 4.00. The van der Waals surface area contributed by atoms with Crippen LogP contribution in [0.25, 0.3) is 5.65 Å². The largest absolute Gasteiger partial charge is 0.339 e. The third-order valence-electron chi connectivity index (χ3n) is 7.64. The normalized spacial score (nSPS) is 27.2. The Kier molecular flexibility index (Phi) is 4.03. The monoisotopic (exact) mass is 447 g/mol. The lowest BCUT2D eigenvalue weighted by atomic mass is 9.65. The van der Waals surface area contributed by atoms with Crippen molar-refractivity contribution in [1.82, 2.24) is 19.5 Å². The third kappa shape index (κ3) is 3.17. The molecule has 3 saturated carbocycles. The highest BCUT2D eigenvalue weighted by atomic mass is 19.3. The number of nitrogens with one attached hydrogen (secondary N) is 1. The first-order valence-corrected chi connectivity index (χ1v) is 11.2. The van der Waals surface area contributed by atoms with Gasteiger partial charge in [-0.1, -0.05) is 6.07 Å². The molecule has 2 aromatic heterocycles. The minimum Gasteiger partial charge on any atom is -0.339 e. The van der Waals surface area contributed by atoms with Gasteiger partial charge in [0.2, 0.25) is 11.9 Å². The lowest BCUT2D eigenvalue weighted by molar-refractivity contribution is -0.153. The molecule has 7 nitrogen and oxygen atoms in total. The smallest absolute Gasteiger partial charge is 0.260 e. The van der Waals surface area contributed by atoms with E-state index in [1.807, 2.05) is 12.1 Å². The summed E-state index contributed by atoms with van der Waals surface area (Å²) in [6.45, 7) is 1.28. The zero-order valence-corrected chi connectivity index (χ0v) is 17.5. The zero-order chi connectivity index (χ0) is 22.3. The van der Waals surface area contributed by atoms with E-state index in [-0.39, 0.29) is 23.2 Å². The molecule has 32 heavy (non-hydrogen) atoms. The van der Waals surface area contributed by atoms with Crippen molar-refractivity contribution in [2.75, 3.05) is 18.4 Å². The molecule has 1 spiro atoms. The van der Waals surface area contributed by atoms with Crippen molar-refractivity contribution >= 4 is 23.4 Å². The number of pyridine rings is 1. The second-order valence-electron chi connectivity index (χ2n) is 10.1. The van der Waals surface area contributed by atoms with Crippen LogP contribution in [-0.4, -0.2) is 56.0 Å². The molecular formula is C22H24F3N5O2. The van der Waals surface area contributed by atoms with Gasteiger partial charge in [-0.2, -0.15) is 4.98 Å². The predicted molar refractivity (Wildman–Crippen MR) is 108 cm³/mol. The van der Waals surface area contributed by atoms with Gasteiger partial charge in [-0.3, -0.25) is 14.9 Å². The molecule has 0 aromatic carbocycles. The van der Waals surface area contributed by atoms with Crippen molar-refractivity contribution < 1.29 is 22.8 Å². The molecule has 3 heterocycles. The lowest BCUT2D eigenvalue weighted by Crippen LogP contribution is -2.61. The number of fused-ring (bicyclic) bond motifs is 1. The fourth-order valence-corrected chi connectivity index (χ4v) is 5.34. The van der Waals surface area contributed by atoms with E-state index in [9.17, 15) is 22.8 Å². The molecule has 3 aliphatic carbocycles. The fraction of sp³-hybridized carbons (Fsp3) is 0.636. The lowest BCUT2D eigenvalue weighted by Gasteiger charge is -2.53. The molecule has 170 valence electrons. The molecule has 1 N–H and O–H groups in total. The van der Waals surface area contributed by atoms with Crippen LogP contribution in [0.15, 0.2) is 18.2 Å². The number of hydrogen-bond acceptors (Lipinski definition) is 4. The van der Waals surface area contributed by atoms with Crippen LogP contribution in [0.3, 0.4) is 0 Å². The first-order chi connectivity index (χ1) is 15.2. The van der Waals surface area contributed by atoms with E-state index >= 15 is 0 Å². The van der Waals surface area contributed by atoms with Crippen LogP contribution in [0.5, 0.6) is 0 Å². The maximum Gasteiger partial charge on any atom is 0.260 e. The highest BCUT2D eigenvalue weighted by molar-refractivity contribution is 5.94. The molecular weight excluding hydrogens is 423 g/mol. The summed E-state index contributed by atoms with van der Waals surface area (Å²) in [5.74, 6) is -5.05. The number of hydrogen-bond donors (Lipinski definition) is 1. The average Bonchev–Trinajstić information content (AvgIpc) is 3.58. The number of amides is 2. The Bertz CT molecular complexity index is 1110. The Hall–Kier alpha value is -2.65. The van der Waals surface area contributed by atoms with Gasteiger partial charge in [-0.15, -0.1) is 5.10 Å². The van der Waals surface area contributed by atoms with E-state index in [0.29, 0.717) is 31.6 Å². The van der Waals surface area contributed by atoms with E-state index < -0.39 is 29.8 Å². The van der Waals surface area contributed by atoms with E-state index in [2.05, 4.69) is 15.4 Å². The Morgan fingerprint density at radius 1 is 1.06 bits per heavy atom. The number of rotatable bonds is 4. The van der Waals surface area contributed by atoms with Gasteiger partial charge >= 0.3 is 0 Å². The second kappa shape index (κ2) is 6.45. The standard InChI is InChI=1S/C22H24F3N5O2/c23-21(8-9-21)18(32)29-11-20(12-29)6-4-13(5-7-20)15-2-1-3-16-26-19(28-30(15)16)27-17(31)14-10-22(14,24)25/h1-3,13-14H,4-12H2,(H,27,28,31)/t14-/m1/s1. The van der Waals surface area contributed by atoms with E-state index in [1.54, 1.807) is 15.5 Å². The van der Waals surface area contributed by atoms with Crippen LogP contribution < -0.4 is 5.32 Å². The number of alkyl halides is 3. The summed E-state index contributed by atoms with van der Waals surface area (Å²) in [6, 6.07) is 5.62. The van der Waals surface area contributed by atoms with Crippen LogP contribution in [0.2, 0.25) is 0 Å². The Morgan fingerprint density at radius 2 is 1.75 bits per heavy atom. The zero-order valence-electron chi connectivity index (χ0n) is 17.5. The van der Waals surface area contributed by atoms with Gasteiger partial charge in [0, 0.05) is 36.5 Å². The highest BCUT2D eigenvalue weighted by Crippen LogP contribution is 2.51. The van der Waals surface area contributed by atoms with Crippen molar-refractivity contribution in [3.8, 4) is 0 Å². The van der Waals surface area contributed by atoms with Crippen molar-refractivity contribution in [3.63, 3.8) is 0 Å². The number of likely N-dealkylation sites (tertiary alicyclic amines) is 1. The fourth-order valence-electron chi connectivity index (χ4n) is 5.34. The molecule has 2 amide bonds. The number of carbonyl (C=O) groups excluding carboxylic acids is 2. The van der Waals surface area contributed by atoms with Crippen molar-refractivity contribution in [2.24, 2.45) is 11.3 Å². The first kappa shape index (κ1) is 20.0. The maximum absolute atomic E-state index is 14.0. The summed E-state index contributed by atoms with van der Waals surface area (Å²) in [4.78, 5) is 30.1. The number of nitrogens with zero attached hydrogens (tertiary/aromatic N) is 4. The van der Waals surface area contributed by atoms with E-state index in [1.165, 1.54) is 0 Å². The summed E-state index contributed by atoms with van der Waals surface area (Å²) >= 11 is 0. The highest BCUT2D eigenvalue weighted by Gasteiger charge is 2.61. The molecule has 0 bridgehead atoms. The van der Waals surface area contributed by atoms with Gasteiger partial charge in [0.05, 0.1) is 0 Å². The van der Waals surface area contributed by atoms with Gasteiger partial charge in [-0.25, -0.2) is 17.7 Å². The third-order valence-corrected chi connectivity index (χ3v) is 7.64. The SMILES string of the molecule is O=C(Nc1nc2cccc(C3CCC4(CC3)CN(C(=O)C3(F)CC3)C4)n2n1)[C@H]1CC1(F)F. The number of halogens is 3. The Morgan fingerprint density at radius 3 is 2.38 bits per heavy atom. The Labute approximate surface area is 182 Å². The first-order valence-electron chi connectivity index (χ1n) is 11.2. The topological polar surface area (TPSA) is 79.6 Å². The minimum absolute atomic E-state index is 0.0332. The number of aromatic nitrogens is 3. The minimum atomic E-state index is -2.93. The van der Waals surface area contributed by atoms with Gasteiger partial charge in [0.1, 0.15) is 5.92 Å². The molecule has 1 aliphatic heterocycles. The summed E-state index contributed by atoms with van der Waals surface area (Å²) in [5.41, 5.74) is 0.0145. The van der Waals surface area contributed by atoms with Gasteiger partial charge in [0.15, 0.2) is 11.3 Å². The number of carbonyl (C=O) groups is 2. The summed E-state index contributed by atoms with van der Waals surface area (Å²) < 4.78 is 42.0. The van der Waals surface area contributed by atoms with Crippen LogP contribution in [0.1, 0.15) is 56.6 Å². The molecule has 1 saturated heterocycles. The van der Waals surface area contributed by atoms with Crippen LogP contribution in [-0.2, 0) is 9.59 Å². The molecule has 6 rings (SSSR count). The molecule has 0 unspecified atom stereocenters. The quantitative estimate of drug-likeness (QED) is 0.780. The van der Waals surface area contributed by atoms with Crippen LogP contribution in [0.4, 0.5) is 19.1 Å². The molecule has 4 fully saturated rings. The van der Waals surface area contributed by atoms with Gasteiger partial charge in [-0.05, 0) is 50.7 Å². The van der Waals surface area contributed by atoms with E-state index in [4.69, 9.17) is 0 Å². The van der Waals surface area contributed by atoms with Gasteiger partial charge in [0.25, 0.3) is 11.8 Å². The Balaban J connectivity index is 1.12. The van der Waals surface area contributed by atoms with Crippen LogP contribution in [0, 0.1) is 11.3 Å². The molecule has 4 aliphatic rings. The van der Waals surface area contributed by atoms with Crippen molar-refractivity contribution in [1.29, 1.82) is 0 Å². The predicted octanol–water partition coefficient (Wildman–Crippen LogP) is 3.31. The maximum atomic E-state index is 14.0. The summed E-state index contributed by atoms with van der Waals surface area (Å²) in [5, 5.41) is 6.77. The summed E-state index contributed by atoms with van der Waals surface area (Å²) in [7, 11) is 0. The van der Waals surface area contributed by atoms with Crippen LogP contribution >= 0.6 is 0 Å². The van der Waals surface area contributed by atoms with E-state index in [0.717, 1.165) is 31.4 Å². The molecule has 0 radical (unpaired) electrons. The average molecular weight is 447 g/mol. The second-order valence-corrected chi connectivity index (χ2v) is 10.1. The number of anilines is 1. The molecule has 1 atom stereocenters. The van der Waals surface area contributed by atoms with Gasteiger partial charge < -0.3 is 4.90 Å².